The summed E-state index contributed by atoms with van der Waals surface area (Å²) in [6.45, 7) is 2.26. The maximum Gasteiger partial charge on any atom is 0.304 e. The largest absolute Gasteiger partial charge is 0.610 e. The zero-order chi connectivity index (χ0) is 21.4. The van der Waals surface area contributed by atoms with Crippen molar-refractivity contribution in [1.82, 2.24) is 14.5 Å². The van der Waals surface area contributed by atoms with Gasteiger partial charge in [0.2, 0.25) is 0 Å². The first kappa shape index (κ1) is 20.9. The van der Waals surface area contributed by atoms with Gasteiger partial charge in [0.05, 0.1) is 25.6 Å². The molecule has 0 N–H and O–H groups in total. The van der Waals surface area contributed by atoms with E-state index in [9.17, 15) is 9.35 Å². The lowest BCUT2D eigenvalue weighted by atomic mass is 10.2. The average Bonchev–Trinajstić information content (AvgIpc) is 3.36. The molecule has 4 aromatic rings. The van der Waals surface area contributed by atoms with E-state index in [4.69, 9.17) is 14.5 Å². The minimum atomic E-state index is -1.28. The van der Waals surface area contributed by atoms with Crippen molar-refractivity contribution in [1.29, 1.82) is 0 Å². The van der Waals surface area contributed by atoms with Crippen LogP contribution in [0.25, 0.3) is 21.0 Å². The van der Waals surface area contributed by atoms with E-state index in [1.54, 1.807) is 42.4 Å². The molecule has 0 spiro atoms. The van der Waals surface area contributed by atoms with Crippen molar-refractivity contribution in [2.75, 3.05) is 20.5 Å². The van der Waals surface area contributed by atoms with Gasteiger partial charge in [-0.15, -0.1) is 11.3 Å². The molecule has 0 bridgehead atoms. The van der Waals surface area contributed by atoms with E-state index in [1.165, 1.54) is 11.3 Å². The topological polar surface area (TPSA) is 89.3 Å². The van der Waals surface area contributed by atoms with E-state index in [1.807, 2.05) is 31.2 Å². The molecule has 3 aromatic heterocycles. The Morgan fingerprint density at radius 1 is 1.13 bits per heavy atom. The number of thiazole rings is 1. The van der Waals surface area contributed by atoms with Crippen molar-refractivity contribution in [2.24, 2.45) is 0 Å². The summed E-state index contributed by atoms with van der Waals surface area (Å²) >= 11 is 1.47. The standard InChI is InChI=1S/C20H19N3O4S3/c1-11-5-8-15(28-11)17-22-18-16(21-20(29-18)30(4)25)19(24)23(17)10-12-6-7-13(26-2)9-14(12)27-3/h5-9H,10H2,1-4H3. The molecular weight excluding hydrogens is 442 g/mol. The molecule has 0 radical (unpaired) electrons. The first-order valence-electron chi connectivity index (χ1n) is 8.93. The molecule has 10 heteroatoms. The van der Waals surface area contributed by atoms with Crippen LogP contribution in [-0.2, 0) is 17.7 Å². The van der Waals surface area contributed by atoms with Crippen molar-refractivity contribution in [3.05, 3.63) is 51.1 Å². The number of aromatic nitrogens is 3. The van der Waals surface area contributed by atoms with Crippen molar-refractivity contribution >= 4 is 44.2 Å². The molecule has 0 aliphatic heterocycles. The van der Waals surface area contributed by atoms with Crippen LogP contribution in [0.5, 0.6) is 11.5 Å². The van der Waals surface area contributed by atoms with Gasteiger partial charge in [-0.25, -0.2) is 4.98 Å². The lowest BCUT2D eigenvalue weighted by Crippen LogP contribution is -2.24. The van der Waals surface area contributed by atoms with E-state index in [2.05, 4.69) is 4.98 Å². The summed E-state index contributed by atoms with van der Waals surface area (Å²) < 4.78 is 24.7. The van der Waals surface area contributed by atoms with Gasteiger partial charge >= 0.3 is 4.34 Å². The van der Waals surface area contributed by atoms with Crippen LogP contribution >= 0.6 is 22.7 Å². The number of hydrogen-bond acceptors (Lipinski definition) is 8. The van der Waals surface area contributed by atoms with Crippen LogP contribution in [0.1, 0.15) is 10.4 Å². The number of benzene rings is 1. The Labute approximate surface area is 184 Å². The molecular formula is C20H19N3O4S3. The van der Waals surface area contributed by atoms with Crippen LogP contribution in [0, 0.1) is 6.92 Å². The number of fused-ring (bicyclic) bond motifs is 1. The number of hydrogen-bond donors (Lipinski definition) is 0. The Bertz CT molecular complexity index is 1280. The second-order valence-electron chi connectivity index (χ2n) is 6.50. The van der Waals surface area contributed by atoms with E-state index in [0.717, 1.165) is 15.3 Å². The van der Waals surface area contributed by atoms with Crippen LogP contribution in [0.4, 0.5) is 0 Å². The Kier molecular flexibility index (Phi) is 5.83. The van der Waals surface area contributed by atoms with E-state index >= 15 is 0 Å². The molecule has 7 nitrogen and oxygen atoms in total. The van der Waals surface area contributed by atoms with Gasteiger partial charge in [0.1, 0.15) is 17.8 Å². The van der Waals surface area contributed by atoms with Crippen molar-refractivity contribution in [2.45, 2.75) is 17.8 Å². The molecule has 1 unspecified atom stereocenters. The zero-order valence-electron chi connectivity index (χ0n) is 16.8. The van der Waals surface area contributed by atoms with Gasteiger partial charge in [-0.1, -0.05) is 0 Å². The number of ether oxygens (including phenoxy) is 2. The zero-order valence-corrected chi connectivity index (χ0v) is 19.2. The predicted molar refractivity (Wildman–Crippen MR) is 121 cm³/mol. The Morgan fingerprint density at radius 2 is 1.93 bits per heavy atom. The molecule has 0 fully saturated rings. The predicted octanol–water partition coefficient (Wildman–Crippen LogP) is 3.69. The van der Waals surface area contributed by atoms with Gasteiger partial charge in [-0.2, -0.15) is 4.98 Å². The lowest BCUT2D eigenvalue weighted by Gasteiger charge is -2.14. The summed E-state index contributed by atoms with van der Waals surface area (Å²) in [4.78, 5) is 24.9. The Hall–Kier alpha value is -2.40. The molecule has 1 atom stereocenters. The summed E-state index contributed by atoms with van der Waals surface area (Å²) in [6.07, 6.45) is 1.54. The monoisotopic (exact) mass is 461 g/mol. The van der Waals surface area contributed by atoms with Crippen LogP contribution in [0.15, 0.2) is 39.5 Å². The summed E-state index contributed by atoms with van der Waals surface area (Å²) in [6, 6.07) is 9.42. The quantitative estimate of drug-likeness (QED) is 0.407. The Morgan fingerprint density at radius 3 is 2.57 bits per heavy atom. The lowest BCUT2D eigenvalue weighted by molar-refractivity contribution is 0.390. The highest BCUT2D eigenvalue weighted by Gasteiger charge is 2.22. The molecule has 156 valence electrons. The number of methoxy groups -OCH3 is 2. The maximum absolute atomic E-state index is 13.4. The first-order chi connectivity index (χ1) is 14.4. The Balaban J connectivity index is 1.93. The van der Waals surface area contributed by atoms with Crippen LogP contribution in [-0.4, -0.2) is 39.6 Å². The minimum Gasteiger partial charge on any atom is -0.610 e. The van der Waals surface area contributed by atoms with Crippen LogP contribution < -0.4 is 15.0 Å². The molecule has 0 saturated carbocycles. The van der Waals surface area contributed by atoms with Gasteiger partial charge in [0.25, 0.3) is 5.56 Å². The molecule has 0 amide bonds. The van der Waals surface area contributed by atoms with Crippen LogP contribution in [0.3, 0.4) is 0 Å². The van der Waals surface area contributed by atoms with Gasteiger partial charge < -0.3 is 14.0 Å². The third kappa shape index (κ3) is 3.83. The third-order valence-electron chi connectivity index (χ3n) is 4.53. The second kappa shape index (κ2) is 8.38. The van der Waals surface area contributed by atoms with Crippen molar-refractivity contribution in [3.63, 3.8) is 0 Å². The second-order valence-corrected chi connectivity index (χ2v) is 10.3. The maximum atomic E-state index is 13.4. The molecule has 4 rings (SSSR count). The molecule has 0 aliphatic carbocycles. The van der Waals surface area contributed by atoms with Gasteiger partial charge in [-0.3, -0.25) is 9.36 Å². The highest BCUT2D eigenvalue weighted by Crippen LogP contribution is 2.31. The number of nitrogens with zero attached hydrogens (tertiary/aromatic N) is 3. The van der Waals surface area contributed by atoms with Crippen molar-refractivity contribution < 1.29 is 14.0 Å². The summed E-state index contributed by atoms with van der Waals surface area (Å²) in [5.41, 5.74) is 0.771. The minimum absolute atomic E-state index is 0.231. The normalized spacial score (nSPS) is 12.3. The molecule has 1 aromatic carbocycles. The summed E-state index contributed by atoms with van der Waals surface area (Å²) in [5, 5.41) is 0. The number of aryl methyl sites for hydroxylation is 1. The van der Waals surface area contributed by atoms with E-state index in [-0.39, 0.29) is 17.6 Å². The molecule has 30 heavy (non-hydrogen) atoms. The fourth-order valence-electron chi connectivity index (χ4n) is 3.05. The molecule has 0 aliphatic rings. The number of thiophene rings is 1. The average molecular weight is 462 g/mol. The van der Waals surface area contributed by atoms with Gasteiger partial charge in [-0.05, 0) is 42.5 Å². The third-order valence-corrected chi connectivity index (χ3v) is 7.81. The highest BCUT2D eigenvalue weighted by atomic mass is 32.2. The summed E-state index contributed by atoms with van der Waals surface area (Å²) in [5.74, 6) is 1.84. The number of rotatable bonds is 6. The molecule has 0 saturated heterocycles. The molecule has 3 heterocycles. The van der Waals surface area contributed by atoms with Crippen molar-refractivity contribution in [3.8, 4) is 22.2 Å². The van der Waals surface area contributed by atoms with Gasteiger partial charge in [0, 0.05) is 27.7 Å². The fourth-order valence-corrected chi connectivity index (χ4v) is 5.51. The highest BCUT2D eigenvalue weighted by molar-refractivity contribution is 7.92. The van der Waals surface area contributed by atoms with E-state index in [0.29, 0.717) is 26.5 Å². The first-order valence-corrected chi connectivity index (χ1v) is 12.1. The fraction of sp³-hybridized carbons (Fsp3) is 0.250. The SMILES string of the molecule is COc1ccc(Cn2c(-c3ccc(C)s3)nc3sc([S+](C)[O-])nc3c2=O)c(OC)c1. The smallest absolute Gasteiger partial charge is 0.304 e. The van der Waals surface area contributed by atoms with Crippen LogP contribution in [0.2, 0.25) is 0 Å². The van der Waals surface area contributed by atoms with Gasteiger partial charge in [0.15, 0.2) is 16.2 Å². The summed E-state index contributed by atoms with van der Waals surface area (Å²) in [7, 11) is 3.17. The van der Waals surface area contributed by atoms with E-state index < -0.39 is 11.2 Å².